The van der Waals surface area contributed by atoms with Crippen molar-refractivity contribution in [3.8, 4) is 0 Å². The van der Waals surface area contributed by atoms with E-state index in [1.807, 2.05) is 0 Å². The molecule has 0 aliphatic rings. The fourth-order valence-corrected chi connectivity index (χ4v) is 1.17. The van der Waals surface area contributed by atoms with Crippen molar-refractivity contribution in [2.24, 2.45) is 0 Å². The molecule has 14 heavy (non-hydrogen) atoms. The van der Waals surface area contributed by atoms with Crippen molar-refractivity contribution < 1.29 is 17.9 Å². The molecule has 0 atom stereocenters. The molecule has 5 nitrogen and oxygen atoms in total. The van der Waals surface area contributed by atoms with Crippen LogP contribution >= 0.6 is 15.9 Å². The number of hydrogen-bond donors (Lipinski definition) is 1. The predicted molar refractivity (Wildman–Crippen MR) is 44.1 cm³/mol. The first kappa shape index (κ1) is 11.2. The molecule has 1 aromatic heterocycles. The topological polar surface area (TPSA) is 66.0 Å². The van der Waals surface area contributed by atoms with Crippen molar-refractivity contribution in [2.45, 2.75) is 12.9 Å². The summed E-state index contributed by atoms with van der Waals surface area (Å²) in [6.45, 7) is -0.616. The zero-order chi connectivity index (χ0) is 10.8. The second kappa shape index (κ2) is 4.13. The van der Waals surface area contributed by atoms with E-state index in [0.717, 1.165) is 0 Å². The third-order valence-corrected chi connectivity index (χ3v) is 1.80. The van der Waals surface area contributed by atoms with E-state index in [0.29, 0.717) is 0 Å². The molecule has 0 spiro atoms. The predicted octanol–water partition coefficient (Wildman–Crippen LogP) is 1.16. The van der Waals surface area contributed by atoms with Crippen LogP contribution in [-0.2, 0) is 11.3 Å². The van der Waals surface area contributed by atoms with Gasteiger partial charge in [0.1, 0.15) is 0 Å². The molecule has 0 aliphatic heterocycles. The minimum atomic E-state index is -4.63. The molecule has 1 rings (SSSR count). The minimum Gasteiger partial charge on any atom is -0.366 e. The summed E-state index contributed by atoms with van der Waals surface area (Å²) >= 11 is 2.97. The number of nitrogens with two attached hydrogens (primary N) is 1. The van der Waals surface area contributed by atoms with Gasteiger partial charge in [-0.3, -0.25) is 4.74 Å². The molecule has 1 heterocycles. The normalized spacial score (nSPS) is 12.0. The monoisotopic (exact) mass is 274 g/mol. The molecule has 0 aliphatic carbocycles. The van der Waals surface area contributed by atoms with Gasteiger partial charge in [0.25, 0.3) is 0 Å². The van der Waals surface area contributed by atoms with Crippen molar-refractivity contribution in [1.82, 2.24) is 14.8 Å². The number of hydrogen-bond acceptors (Lipinski definition) is 4. The molecular weight excluding hydrogens is 269 g/mol. The molecule has 0 saturated carbocycles. The van der Waals surface area contributed by atoms with Gasteiger partial charge in [-0.15, -0.1) is 18.3 Å². The van der Waals surface area contributed by atoms with E-state index in [1.54, 1.807) is 0 Å². The first-order valence-electron chi connectivity index (χ1n) is 3.45. The third kappa shape index (κ3) is 3.50. The largest absolute Gasteiger partial charge is 0.522 e. The number of halogens is 4. The Balaban J connectivity index is 2.42. The van der Waals surface area contributed by atoms with E-state index in [4.69, 9.17) is 5.73 Å². The maximum Gasteiger partial charge on any atom is 0.522 e. The molecular formula is C5H6BrF3N4O. The lowest BCUT2D eigenvalue weighted by Gasteiger charge is -2.06. The van der Waals surface area contributed by atoms with Crippen molar-refractivity contribution in [1.29, 1.82) is 0 Å². The van der Waals surface area contributed by atoms with E-state index < -0.39 is 13.0 Å². The van der Waals surface area contributed by atoms with Crippen LogP contribution in [0.2, 0.25) is 0 Å². The zero-order valence-corrected chi connectivity index (χ0v) is 8.34. The van der Waals surface area contributed by atoms with Gasteiger partial charge >= 0.3 is 6.36 Å². The fourth-order valence-electron chi connectivity index (χ4n) is 0.730. The summed E-state index contributed by atoms with van der Waals surface area (Å²) in [6.07, 6.45) is -4.63. The van der Waals surface area contributed by atoms with Gasteiger partial charge in [-0.1, -0.05) is 0 Å². The Kier molecular flexibility index (Phi) is 3.32. The third-order valence-electron chi connectivity index (χ3n) is 1.21. The Hall–Kier alpha value is -0.830. The van der Waals surface area contributed by atoms with Crippen LogP contribution in [0, 0.1) is 0 Å². The van der Waals surface area contributed by atoms with Crippen molar-refractivity contribution in [3.63, 3.8) is 0 Å². The highest BCUT2D eigenvalue weighted by Gasteiger charge is 2.28. The smallest absolute Gasteiger partial charge is 0.366 e. The summed E-state index contributed by atoms with van der Waals surface area (Å²) in [7, 11) is 0. The van der Waals surface area contributed by atoms with Crippen LogP contribution in [-0.4, -0.2) is 27.7 Å². The Labute approximate surface area is 85.2 Å². The summed E-state index contributed by atoms with van der Waals surface area (Å²) < 4.78 is 39.7. The Morgan fingerprint density at radius 3 is 2.57 bits per heavy atom. The average Bonchev–Trinajstić information content (AvgIpc) is 2.27. The lowest BCUT2D eigenvalue weighted by molar-refractivity contribution is -0.325. The number of anilines is 1. The maximum atomic E-state index is 11.6. The Bertz CT molecular complexity index is 312. The van der Waals surface area contributed by atoms with Crippen molar-refractivity contribution in [3.05, 3.63) is 4.73 Å². The van der Waals surface area contributed by atoms with Gasteiger partial charge in [-0.25, -0.2) is 4.68 Å². The SMILES string of the molecule is Nc1nc(Br)n(CCOC(F)(F)F)n1. The minimum absolute atomic E-state index is 0.0103. The van der Waals surface area contributed by atoms with Gasteiger partial charge in [-0.2, -0.15) is 4.98 Å². The molecule has 1 aromatic rings. The molecule has 0 radical (unpaired) electrons. The summed E-state index contributed by atoms with van der Waals surface area (Å²) in [5.74, 6) is -0.0103. The highest BCUT2D eigenvalue weighted by atomic mass is 79.9. The van der Waals surface area contributed by atoms with Crippen LogP contribution in [0.4, 0.5) is 19.1 Å². The van der Waals surface area contributed by atoms with Gasteiger partial charge in [0.05, 0.1) is 13.2 Å². The quantitative estimate of drug-likeness (QED) is 0.898. The first-order valence-corrected chi connectivity index (χ1v) is 4.24. The van der Waals surface area contributed by atoms with Crippen LogP contribution in [0.1, 0.15) is 0 Å². The van der Waals surface area contributed by atoms with Crippen LogP contribution in [0.3, 0.4) is 0 Å². The highest BCUT2D eigenvalue weighted by Crippen LogP contribution is 2.16. The molecule has 9 heteroatoms. The van der Waals surface area contributed by atoms with Crippen molar-refractivity contribution in [2.75, 3.05) is 12.3 Å². The second-order valence-electron chi connectivity index (χ2n) is 2.26. The molecule has 0 bridgehead atoms. The lowest BCUT2D eigenvalue weighted by Crippen LogP contribution is -2.18. The molecule has 0 aromatic carbocycles. The Morgan fingerprint density at radius 1 is 1.50 bits per heavy atom. The number of aromatic nitrogens is 3. The molecule has 0 amide bonds. The summed E-state index contributed by atoms with van der Waals surface area (Å²) in [4.78, 5) is 3.64. The number of nitrogens with zero attached hydrogens (tertiary/aromatic N) is 3. The molecule has 0 unspecified atom stereocenters. The van der Waals surface area contributed by atoms with Gasteiger partial charge in [0, 0.05) is 0 Å². The van der Waals surface area contributed by atoms with Crippen LogP contribution in [0.25, 0.3) is 0 Å². The van der Waals surface area contributed by atoms with E-state index >= 15 is 0 Å². The number of ether oxygens (including phenoxy) is 1. The highest BCUT2D eigenvalue weighted by molar-refractivity contribution is 9.10. The first-order chi connectivity index (χ1) is 6.38. The summed E-state index contributed by atoms with van der Waals surface area (Å²) in [5.41, 5.74) is 5.20. The van der Waals surface area contributed by atoms with Crippen LogP contribution in [0.5, 0.6) is 0 Å². The standard InChI is InChI=1S/C5H6BrF3N4O/c6-3-11-4(10)12-13(3)1-2-14-5(7,8)9/h1-2H2,(H2,10,12). The van der Waals surface area contributed by atoms with E-state index in [2.05, 4.69) is 30.7 Å². The Morgan fingerprint density at radius 2 is 2.14 bits per heavy atom. The van der Waals surface area contributed by atoms with Crippen LogP contribution in [0.15, 0.2) is 4.73 Å². The van der Waals surface area contributed by atoms with Crippen molar-refractivity contribution >= 4 is 21.9 Å². The van der Waals surface area contributed by atoms with Gasteiger partial charge in [0.2, 0.25) is 5.95 Å². The van der Waals surface area contributed by atoms with Gasteiger partial charge < -0.3 is 5.73 Å². The number of nitrogen functional groups attached to an aromatic ring is 1. The van der Waals surface area contributed by atoms with Gasteiger partial charge in [0.15, 0.2) is 4.73 Å². The molecule has 80 valence electrons. The number of rotatable bonds is 3. The zero-order valence-electron chi connectivity index (χ0n) is 6.75. The summed E-state index contributed by atoms with van der Waals surface area (Å²) in [6, 6.07) is 0. The molecule has 0 fully saturated rings. The molecule has 0 saturated heterocycles. The maximum absolute atomic E-state index is 11.6. The lowest BCUT2D eigenvalue weighted by atomic mass is 10.7. The fraction of sp³-hybridized carbons (Fsp3) is 0.600. The van der Waals surface area contributed by atoms with E-state index in [1.165, 1.54) is 4.68 Å². The van der Waals surface area contributed by atoms with Gasteiger partial charge in [-0.05, 0) is 15.9 Å². The molecule has 2 N–H and O–H groups in total. The average molecular weight is 275 g/mol. The summed E-state index contributed by atoms with van der Waals surface area (Å²) in [5, 5.41) is 3.62. The van der Waals surface area contributed by atoms with E-state index in [-0.39, 0.29) is 17.2 Å². The second-order valence-corrected chi connectivity index (χ2v) is 2.97. The number of alkyl halides is 3. The van der Waals surface area contributed by atoms with E-state index in [9.17, 15) is 13.2 Å². The van der Waals surface area contributed by atoms with Crippen LogP contribution < -0.4 is 5.73 Å².